The summed E-state index contributed by atoms with van der Waals surface area (Å²) in [6, 6.07) is 26.0. The number of hydrogen-bond acceptors (Lipinski definition) is 4. The predicted octanol–water partition coefficient (Wildman–Crippen LogP) is 3.83. The first kappa shape index (κ1) is 21.2. The third kappa shape index (κ3) is 3.44. The molecule has 0 aromatic heterocycles. The van der Waals surface area contributed by atoms with Gasteiger partial charge < -0.3 is 16.2 Å². The average molecular weight is 450 g/mol. The second-order valence-electron chi connectivity index (χ2n) is 8.29. The van der Waals surface area contributed by atoms with E-state index in [1.807, 2.05) is 48.5 Å². The SMILES string of the molecule is N=C(N)c1ccc2ccc(CN3C(=O)NC(c4ccccc4)(c4ccc(O)cc4)C3=O)cc2c1. The number of phenols is 1. The number of aromatic hydroxyl groups is 1. The molecule has 0 radical (unpaired) electrons. The van der Waals surface area contributed by atoms with Gasteiger partial charge in [0.1, 0.15) is 11.6 Å². The molecule has 168 valence electrons. The zero-order chi connectivity index (χ0) is 23.9. The first-order valence-corrected chi connectivity index (χ1v) is 10.7. The number of phenolic OH excluding ortho intramolecular Hbond substituents is 1. The molecule has 1 aliphatic heterocycles. The molecule has 5 rings (SSSR count). The molecule has 4 aromatic rings. The Morgan fingerprint density at radius 1 is 0.882 bits per heavy atom. The van der Waals surface area contributed by atoms with Crippen molar-refractivity contribution in [3.05, 3.63) is 113 Å². The van der Waals surface area contributed by atoms with Crippen LogP contribution >= 0.6 is 0 Å². The maximum atomic E-state index is 13.9. The number of hydrogen-bond donors (Lipinski definition) is 4. The van der Waals surface area contributed by atoms with Crippen LogP contribution in [0.2, 0.25) is 0 Å². The van der Waals surface area contributed by atoms with Gasteiger partial charge in [-0.25, -0.2) is 4.79 Å². The third-order valence-corrected chi connectivity index (χ3v) is 6.17. The number of fused-ring (bicyclic) bond motifs is 1. The molecular weight excluding hydrogens is 428 g/mol. The summed E-state index contributed by atoms with van der Waals surface area (Å²) in [5.41, 5.74) is 6.79. The van der Waals surface area contributed by atoms with E-state index in [4.69, 9.17) is 11.1 Å². The van der Waals surface area contributed by atoms with E-state index in [0.717, 1.165) is 16.3 Å². The van der Waals surface area contributed by atoms with Crippen LogP contribution in [0.4, 0.5) is 4.79 Å². The normalized spacial score (nSPS) is 17.7. The van der Waals surface area contributed by atoms with Gasteiger partial charge >= 0.3 is 6.03 Å². The highest BCUT2D eigenvalue weighted by Gasteiger charge is 2.53. The minimum atomic E-state index is -1.40. The zero-order valence-corrected chi connectivity index (χ0v) is 18.2. The van der Waals surface area contributed by atoms with Crippen LogP contribution in [0.1, 0.15) is 22.3 Å². The van der Waals surface area contributed by atoms with E-state index in [1.54, 1.807) is 30.3 Å². The molecule has 34 heavy (non-hydrogen) atoms. The molecule has 1 saturated heterocycles. The van der Waals surface area contributed by atoms with Crippen molar-refractivity contribution in [3.8, 4) is 5.75 Å². The van der Waals surface area contributed by atoms with Gasteiger partial charge in [0, 0.05) is 5.56 Å². The Morgan fingerprint density at radius 2 is 1.56 bits per heavy atom. The Labute approximate surface area is 195 Å². The van der Waals surface area contributed by atoms with E-state index in [2.05, 4.69) is 5.32 Å². The van der Waals surface area contributed by atoms with Gasteiger partial charge in [-0.3, -0.25) is 15.1 Å². The van der Waals surface area contributed by atoms with Crippen molar-refractivity contribution in [2.24, 2.45) is 5.73 Å². The van der Waals surface area contributed by atoms with E-state index in [-0.39, 0.29) is 18.1 Å². The highest BCUT2D eigenvalue weighted by atomic mass is 16.3. The molecule has 1 aliphatic rings. The standard InChI is InChI=1S/C27H22N4O3/c28-24(29)19-9-8-18-7-6-17(14-20(18)15-19)16-31-25(33)27(30-26(31)34,21-4-2-1-3-5-21)22-10-12-23(32)13-11-22/h1-15,32H,16H2,(H3,28,29)(H,30,34). The number of amidine groups is 1. The smallest absolute Gasteiger partial charge is 0.325 e. The lowest BCUT2D eigenvalue weighted by molar-refractivity contribution is -0.130. The molecule has 1 fully saturated rings. The van der Waals surface area contributed by atoms with Crippen molar-refractivity contribution < 1.29 is 14.7 Å². The topological polar surface area (TPSA) is 120 Å². The molecule has 5 N–H and O–H groups in total. The van der Waals surface area contributed by atoms with Crippen LogP contribution in [0.5, 0.6) is 5.75 Å². The third-order valence-electron chi connectivity index (χ3n) is 6.17. The number of nitrogens with zero attached hydrogens (tertiary/aromatic N) is 1. The number of urea groups is 1. The summed E-state index contributed by atoms with van der Waals surface area (Å²) in [7, 11) is 0. The molecular formula is C27H22N4O3. The molecule has 7 heteroatoms. The summed E-state index contributed by atoms with van der Waals surface area (Å²) in [6.07, 6.45) is 0. The Hall–Kier alpha value is -4.65. The van der Waals surface area contributed by atoms with Crippen molar-refractivity contribution in [1.82, 2.24) is 10.2 Å². The molecule has 0 spiro atoms. The fourth-order valence-electron chi connectivity index (χ4n) is 4.42. The fraction of sp³-hybridized carbons (Fsp3) is 0.0741. The number of imide groups is 1. The Morgan fingerprint density at radius 3 is 2.26 bits per heavy atom. The number of nitrogens with one attached hydrogen (secondary N) is 2. The maximum Gasteiger partial charge on any atom is 0.325 e. The van der Waals surface area contributed by atoms with Crippen LogP contribution in [0.25, 0.3) is 10.8 Å². The van der Waals surface area contributed by atoms with Gasteiger partial charge in [-0.15, -0.1) is 0 Å². The molecule has 1 unspecified atom stereocenters. The number of nitrogen functional groups attached to an aromatic ring is 1. The van der Waals surface area contributed by atoms with Gasteiger partial charge in [0.05, 0.1) is 6.54 Å². The van der Waals surface area contributed by atoms with Crippen LogP contribution in [-0.4, -0.2) is 27.8 Å². The molecule has 1 heterocycles. The van der Waals surface area contributed by atoms with Crippen molar-refractivity contribution in [1.29, 1.82) is 5.41 Å². The lowest BCUT2D eigenvalue weighted by atomic mass is 9.82. The maximum absolute atomic E-state index is 13.9. The summed E-state index contributed by atoms with van der Waals surface area (Å²) in [5, 5.41) is 22.2. The van der Waals surface area contributed by atoms with Gasteiger partial charge in [0.25, 0.3) is 5.91 Å². The van der Waals surface area contributed by atoms with Crippen LogP contribution in [0.3, 0.4) is 0 Å². The number of nitrogens with two attached hydrogens (primary N) is 1. The number of carbonyl (C=O) groups excluding carboxylic acids is 2. The second kappa shape index (κ2) is 8.04. The first-order valence-electron chi connectivity index (χ1n) is 10.7. The highest BCUT2D eigenvalue weighted by molar-refractivity contribution is 6.09. The van der Waals surface area contributed by atoms with Gasteiger partial charge in [0.15, 0.2) is 5.54 Å². The molecule has 7 nitrogen and oxygen atoms in total. The monoisotopic (exact) mass is 450 g/mol. The summed E-state index contributed by atoms with van der Waals surface area (Å²) in [4.78, 5) is 28.2. The van der Waals surface area contributed by atoms with Crippen LogP contribution in [0.15, 0.2) is 91.0 Å². The van der Waals surface area contributed by atoms with E-state index in [0.29, 0.717) is 16.7 Å². The lowest BCUT2D eigenvalue weighted by Gasteiger charge is -2.28. The minimum absolute atomic E-state index is 0.0251. The summed E-state index contributed by atoms with van der Waals surface area (Å²) in [6.45, 7) is 0.0809. The molecule has 3 amide bonds. The van der Waals surface area contributed by atoms with Crippen molar-refractivity contribution in [2.75, 3.05) is 0 Å². The number of carbonyl (C=O) groups is 2. The summed E-state index contributed by atoms with van der Waals surface area (Å²) in [5.74, 6) is -0.350. The highest BCUT2D eigenvalue weighted by Crippen LogP contribution is 2.37. The van der Waals surface area contributed by atoms with Crippen molar-refractivity contribution in [3.63, 3.8) is 0 Å². The Kier molecular flexibility index (Phi) is 5.02. The van der Waals surface area contributed by atoms with E-state index >= 15 is 0 Å². The van der Waals surface area contributed by atoms with E-state index in [9.17, 15) is 14.7 Å². The summed E-state index contributed by atoms with van der Waals surface area (Å²) < 4.78 is 0. The Bertz CT molecular complexity index is 1430. The van der Waals surface area contributed by atoms with Crippen LogP contribution < -0.4 is 11.1 Å². The van der Waals surface area contributed by atoms with Crippen molar-refractivity contribution >= 4 is 28.5 Å². The van der Waals surface area contributed by atoms with Crippen molar-refractivity contribution in [2.45, 2.75) is 12.1 Å². The molecule has 0 bridgehead atoms. The van der Waals surface area contributed by atoms with E-state index < -0.39 is 17.5 Å². The zero-order valence-electron chi connectivity index (χ0n) is 18.2. The number of rotatable bonds is 5. The van der Waals surface area contributed by atoms with Crippen LogP contribution in [-0.2, 0) is 16.9 Å². The quantitative estimate of drug-likeness (QED) is 0.210. The van der Waals surface area contributed by atoms with Crippen LogP contribution in [0, 0.1) is 5.41 Å². The minimum Gasteiger partial charge on any atom is -0.508 e. The van der Waals surface area contributed by atoms with E-state index in [1.165, 1.54) is 17.0 Å². The first-order chi connectivity index (χ1) is 16.4. The fourth-order valence-corrected chi connectivity index (χ4v) is 4.42. The molecule has 1 atom stereocenters. The Balaban J connectivity index is 1.55. The van der Waals surface area contributed by atoms with Gasteiger partial charge in [-0.05, 0) is 51.7 Å². The predicted molar refractivity (Wildman–Crippen MR) is 129 cm³/mol. The lowest BCUT2D eigenvalue weighted by Crippen LogP contribution is -2.45. The molecule has 0 saturated carbocycles. The number of amides is 3. The average Bonchev–Trinajstić information content (AvgIpc) is 3.10. The second-order valence-corrected chi connectivity index (χ2v) is 8.29. The number of benzene rings is 4. The summed E-state index contributed by atoms with van der Waals surface area (Å²) >= 11 is 0. The van der Waals surface area contributed by atoms with Gasteiger partial charge in [-0.2, -0.15) is 0 Å². The molecule has 0 aliphatic carbocycles. The molecule has 4 aromatic carbocycles. The van der Waals surface area contributed by atoms with Gasteiger partial charge in [0.2, 0.25) is 0 Å². The largest absolute Gasteiger partial charge is 0.508 e. The van der Waals surface area contributed by atoms with Gasteiger partial charge in [-0.1, -0.05) is 66.7 Å².